The van der Waals surface area contributed by atoms with Gasteiger partial charge in [0.1, 0.15) is 11.2 Å². The van der Waals surface area contributed by atoms with Gasteiger partial charge in [-0.05, 0) is 106 Å². The van der Waals surface area contributed by atoms with Crippen LogP contribution in [-0.4, -0.2) is 0 Å². The predicted octanol–water partition coefficient (Wildman–Crippen LogP) is 14.4. The molecule has 0 N–H and O–H groups in total. The Hall–Kier alpha value is -6.70. The van der Waals surface area contributed by atoms with E-state index in [1.807, 2.05) is 0 Å². The first kappa shape index (κ1) is 28.2. The van der Waals surface area contributed by atoms with Crippen LogP contribution in [0.4, 0.5) is 0 Å². The molecule has 0 bridgehead atoms. The average Bonchev–Trinajstić information content (AvgIpc) is 3.56. The molecule has 0 unspecified atom stereocenters. The number of benzene rings is 10. The molecule has 0 aliphatic heterocycles. The van der Waals surface area contributed by atoms with Gasteiger partial charge in [0.25, 0.3) is 0 Å². The molecule has 0 aliphatic rings. The van der Waals surface area contributed by atoms with Crippen molar-refractivity contribution in [2.24, 2.45) is 0 Å². The molecular weight excluding hydrogens is 617 g/mol. The summed E-state index contributed by atoms with van der Waals surface area (Å²) in [6.45, 7) is 0. The largest absolute Gasteiger partial charge is 0.455 e. The normalized spacial score (nSPS) is 11.9. The van der Waals surface area contributed by atoms with Gasteiger partial charge in [-0.2, -0.15) is 0 Å². The van der Waals surface area contributed by atoms with Crippen molar-refractivity contribution >= 4 is 75.8 Å². The predicted molar refractivity (Wildman–Crippen MR) is 218 cm³/mol. The minimum absolute atomic E-state index is 0.924. The maximum Gasteiger partial charge on any atom is 0.143 e. The minimum atomic E-state index is 0.924. The van der Waals surface area contributed by atoms with Crippen LogP contribution in [0.1, 0.15) is 0 Å². The van der Waals surface area contributed by atoms with Gasteiger partial charge in [-0.1, -0.05) is 158 Å². The van der Waals surface area contributed by atoms with Gasteiger partial charge < -0.3 is 4.42 Å². The van der Waals surface area contributed by atoms with E-state index >= 15 is 0 Å². The third-order valence-electron chi connectivity index (χ3n) is 10.8. The molecule has 0 saturated carbocycles. The van der Waals surface area contributed by atoms with Gasteiger partial charge in [-0.15, -0.1) is 0 Å². The molecule has 0 aliphatic carbocycles. The Kier molecular flexibility index (Phi) is 6.02. The molecule has 1 aromatic heterocycles. The molecule has 0 atom stereocenters. The third kappa shape index (κ3) is 4.28. The van der Waals surface area contributed by atoms with E-state index in [2.05, 4.69) is 182 Å². The van der Waals surface area contributed by atoms with Gasteiger partial charge in [0.2, 0.25) is 0 Å². The van der Waals surface area contributed by atoms with Gasteiger partial charge in [0, 0.05) is 16.3 Å². The van der Waals surface area contributed by atoms with Gasteiger partial charge in [0.05, 0.1) is 0 Å². The quantitative estimate of drug-likeness (QED) is 0.174. The second-order valence-corrected chi connectivity index (χ2v) is 13.6. The number of furan rings is 1. The molecule has 0 spiro atoms. The summed E-state index contributed by atoms with van der Waals surface area (Å²) in [4.78, 5) is 0. The van der Waals surface area contributed by atoms with E-state index in [1.54, 1.807) is 0 Å². The van der Waals surface area contributed by atoms with Crippen LogP contribution in [-0.2, 0) is 0 Å². The summed E-state index contributed by atoms with van der Waals surface area (Å²) in [7, 11) is 0. The molecule has 1 heteroatoms. The Balaban J connectivity index is 1.09. The SMILES string of the molecule is c1ccc2cc3c(cc2c1)oc1c(-c2ccc4cc(-c5c6ccccc6c(-c6cccc7ccccc67)c6ccccc56)ccc4c2)cccc13. The van der Waals surface area contributed by atoms with Crippen molar-refractivity contribution in [3.05, 3.63) is 182 Å². The van der Waals surface area contributed by atoms with Crippen molar-refractivity contribution in [2.75, 3.05) is 0 Å². The van der Waals surface area contributed by atoms with Crippen LogP contribution in [0, 0.1) is 0 Å². The summed E-state index contributed by atoms with van der Waals surface area (Å²) in [5, 5.41) is 14.7. The number of hydrogen-bond acceptors (Lipinski definition) is 1. The molecule has 1 heterocycles. The summed E-state index contributed by atoms with van der Waals surface area (Å²) >= 11 is 0. The lowest BCUT2D eigenvalue weighted by molar-refractivity contribution is 0.670. The van der Waals surface area contributed by atoms with Crippen molar-refractivity contribution in [1.29, 1.82) is 0 Å². The zero-order valence-electron chi connectivity index (χ0n) is 27.7. The molecular formula is C50H30O. The third-order valence-corrected chi connectivity index (χ3v) is 10.8. The molecule has 11 aromatic rings. The lowest BCUT2D eigenvalue weighted by atomic mass is 9.84. The molecule has 236 valence electrons. The van der Waals surface area contributed by atoms with Gasteiger partial charge in [-0.3, -0.25) is 0 Å². The van der Waals surface area contributed by atoms with Crippen LogP contribution in [0.25, 0.3) is 109 Å². The first-order valence-corrected chi connectivity index (χ1v) is 17.6. The van der Waals surface area contributed by atoms with Crippen LogP contribution in [0.2, 0.25) is 0 Å². The van der Waals surface area contributed by atoms with E-state index in [0.717, 1.165) is 33.1 Å². The Bertz CT molecular complexity index is 3130. The Morgan fingerprint density at radius 1 is 0.275 bits per heavy atom. The molecule has 11 rings (SSSR count). The fraction of sp³-hybridized carbons (Fsp3) is 0. The number of hydrogen-bond donors (Lipinski definition) is 0. The molecule has 10 aromatic carbocycles. The molecule has 0 amide bonds. The van der Waals surface area contributed by atoms with Crippen LogP contribution >= 0.6 is 0 Å². The number of para-hydroxylation sites is 1. The molecule has 0 saturated heterocycles. The molecule has 0 radical (unpaired) electrons. The van der Waals surface area contributed by atoms with Gasteiger partial charge >= 0.3 is 0 Å². The Morgan fingerprint density at radius 3 is 1.49 bits per heavy atom. The minimum Gasteiger partial charge on any atom is -0.455 e. The van der Waals surface area contributed by atoms with Crippen LogP contribution in [0.5, 0.6) is 0 Å². The molecule has 0 fully saturated rings. The monoisotopic (exact) mass is 646 g/mol. The Labute approximate surface area is 294 Å². The van der Waals surface area contributed by atoms with Gasteiger partial charge in [0.15, 0.2) is 0 Å². The highest BCUT2D eigenvalue weighted by molar-refractivity contribution is 6.24. The fourth-order valence-electron chi connectivity index (χ4n) is 8.45. The van der Waals surface area contributed by atoms with E-state index in [0.29, 0.717) is 0 Å². The maximum atomic E-state index is 6.58. The summed E-state index contributed by atoms with van der Waals surface area (Å²) in [5.74, 6) is 0. The molecule has 51 heavy (non-hydrogen) atoms. The van der Waals surface area contributed by atoms with Crippen molar-refractivity contribution < 1.29 is 4.42 Å². The highest BCUT2D eigenvalue weighted by Gasteiger charge is 2.19. The summed E-state index contributed by atoms with van der Waals surface area (Å²) in [6, 6.07) is 66.3. The topological polar surface area (TPSA) is 13.1 Å². The number of fused-ring (bicyclic) bond motifs is 8. The summed E-state index contributed by atoms with van der Waals surface area (Å²) in [6.07, 6.45) is 0. The lowest BCUT2D eigenvalue weighted by Gasteiger charge is -2.19. The van der Waals surface area contributed by atoms with E-state index < -0.39 is 0 Å². The standard InChI is InChI=1S/C50H30O/c1-2-13-33-30-47-46(29-32(33)12-1)45-22-10-20-39(50(45)51-47)36-25-23-35-28-37(26-24-34(35)27-36)48-41-16-5-7-18-43(41)49(44-19-8-6-17-42(44)48)40-21-9-14-31-11-3-4-15-38(31)40/h1-30H. The maximum absolute atomic E-state index is 6.58. The second kappa shape index (κ2) is 10.9. The lowest BCUT2D eigenvalue weighted by Crippen LogP contribution is -1.91. The van der Waals surface area contributed by atoms with Gasteiger partial charge in [-0.25, -0.2) is 0 Å². The Morgan fingerprint density at radius 2 is 0.765 bits per heavy atom. The first-order chi connectivity index (χ1) is 25.3. The van der Waals surface area contributed by atoms with E-state index in [-0.39, 0.29) is 0 Å². The van der Waals surface area contributed by atoms with Crippen molar-refractivity contribution in [2.45, 2.75) is 0 Å². The highest BCUT2D eigenvalue weighted by atomic mass is 16.3. The van der Waals surface area contributed by atoms with Crippen molar-refractivity contribution in [3.8, 4) is 33.4 Å². The first-order valence-electron chi connectivity index (χ1n) is 17.6. The van der Waals surface area contributed by atoms with Crippen molar-refractivity contribution in [1.82, 2.24) is 0 Å². The zero-order valence-corrected chi connectivity index (χ0v) is 27.7. The second-order valence-electron chi connectivity index (χ2n) is 13.6. The highest BCUT2D eigenvalue weighted by Crippen LogP contribution is 2.46. The van der Waals surface area contributed by atoms with Crippen molar-refractivity contribution in [3.63, 3.8) is 0 Å². The summed E-state index contributed by atoms with van der Waals surface area (Å²) < 4.78 is 6.58. The average molecular weight is 647 g/mol. The van der Waals surface area contributed by atoms with E-state index in [9.17, 15) is 0 Å². The van der Waals surface area contributed by atoms with E-state index in [4.69, 9.17) is 4.42 Å². The molecule has 1 nitrogen and oxygen atoms in total. The van der Waals surface area contributed by atoms with Crippen LogP contribution < -0.4 is 0 Å². The number of rotatable bonds is 3. The van der Waals surface area contributed by atoms with Crippen LogP contribution in [0.3, 0.4) is 0 Å². The van der Waals surface area contributed by atoms with E-state index in [1.165, 1.54) is 76.1 Å². The fourth-order valence-corrected chi connectivity index (χ4v) is 8.45. The smallest absolute Gasteiger partial charge is 0.143 e. The summed E-state index contributed by atoms with van der Waals surface area (Å²) in [5.41, 5.74) is 9.18. The van der Waals surface area contributed by atoms with Crippen LogP contribution in [0.15, 0.2) is 186 Å². The zero-order chi connectivity index (χ0) is 33.5.